The van der Waals surface area contributed by atoms with Gasteiger partial charge in [-0.15, -0.1) is 0 Å². The number of carboxylic acid groups (broad SMARTS) is 4. The summed E-state index contributed by atoms with van der Waals surface area (Å²) in [7, 11) is 0. The molecule has 0 aliphatic carbocycles. The van der Waals surface area contributed by atoms with Crippen LogP contribution < -0.4 is 0 Å². The van der Waals surface area contributed by atoms with Crippen molar-refractivity contribution in [3.05, 3.63) is 0 Å². The Morgan fingerprint density at radius 1 is 0.600 bits per heavy atom. The minimum atomic E-state index is -1.31. The zero-order chi connectivity index (χ0) is 11.7. The van der Waals surface area contributed by atoms with Crippen molar-refractivity contribution in [2.45, 2.75) is 20.3 Å². The van der Waals surface area contributed by atoms with E-state index in [0.29, 0.717) is 0 Å². The van der Waals surface area contributed by atoms with Crippen LogP contribution in [0.25, 0.3) is 0 Å². The lowest BCUT2D eigenvalue weighted by Crippen LogP contribution is -2.03. The molecule has 0 amide bonds. The van der Waals surface area contributed by atoms with Crippen LogP contribution in [0.2, 0.25) is 0 Å². The molecule has 0 aliphatic heterocycles. The summed E-state index contributed by atoms with van der Waals surface area (Å²) in [4.78, 5) is 37.7. The summed E-state index contributed by atoms with van der Waals surface area (Å²) in [6, 6.07) is 0. The maximum atomic E-state index is 9.43. The predicted octanol–water partition coefficient (Wildman–Crippen LogP) is -0.273. The van der Waals surface area contributed by atoms with Crippen molar-refractivity contribution in [2.24, 2.45) is 0 Å². The van der Waals surface area contributed by atoms with E-state index in [1.165, 1.54) is 0 Å². The molecule has 0 atom stereocenters. The van der Waals surface area contributed by atoms with E-state index in [-0.39, 0.29) is 7.43 Å². The maximum absolute atomic E-state index is 9.43. The van der Waals surface area contributed by atoms with Gasteiger partial charge in [-0.3, -0.25) is 19.2 Å². The van der Waals surface area contributed by atoms with E-state index >= 15 is 0 Å². The quantitative estimate of drug-likeness (QED) is 0.476. The smallest absolute Gasteiger partial charge is 0.314 e. The van der Waals surface area contributed by atoms with Crippen LogP contribution in [0.5, 0.6) is 0 Å². The van der Waals surface area contributed by atoms with Crippen LogP contribution in [-0.4, -0.2) is 44.3 Å². The first kappa shape index (κ1) is 18.6. The van der Waals surface area contributed by atoms with E-state index in [1.807, 2.05) is 0 Å². The average Bonchev–Trinajstić information content (AvgIpc) is 1.79. The second-order valence-electron chi connectivity index (χ2n) is 1.93. The first-order chi connectivity index (χ1) is 6.25. The van der Waals surface area contributed by atoms with Gasteiger partial charge >= 0.3 is 23.9 Å². The molecule has 15 heavy (non-hydrogen) atoms. The zero-order valence-electron chi connectivity index (χ0n) is 6.84. The van der Waals surface area contributed by atoms with Crippen molar-refractivity contribution >= 4 is 23.9 Å². The van der Waals surface area contributed by atoms with Crippen LogP contribution >= 0.6 is 0 Å². The molecule has 0 bridgehead atoms. The summed E-state index contributed by atoms with van der Waals surface area (Å²) >= 11 is 0. The molecule has 0 aromatic rings. The third-order valence-electron chi connectivity index (χ3n) is 0.605. The molecule has 0 heterocycles. The second kappa shape index (κ2) is 9.96. The molecule has 0 aromatic carbocycles. The second-order valence-corrected chi connectivity index (χ2v) is 1.93. The fourth-order valence-electron chi connectivity index (χ4n) is 0.259. The number of hydrogen-bond donors (Lipinski definition) is 4. The van der Waals surface area contributed by atoms with Gasteiger partial charge in [-0.25, -0.2) is 0 Å². The third-order valence-corrected chi connectivity index (χ3v) is 0.605. The van der Waals surface area contributed by atoms with Crippen molar-refractivity contribution in [2.75, 3.05) is 0 Å². The molecule has 0 aliphatic rings. The Morgan fingerprint density at radius 2 is 0.733 bits per heavy atom. The van der Waals surface area contributed by atoms with E-state index in [0.717, 1.165) is 0 Å². The van der Waals surface area contributed by atoms with Crippen molar-refractivity contribution < 1.29 is 39.6 Å². The molecule has 0 unspecified atom stereocenters. The molecule has 8 heteroatoms. The van der Waals surface area contributed by atoms with Crippen LogP contribution in [0.3, 0.4) is 0 Å². The normalized spacial score (nSPS) is 7.47. The van der Waals surface area contributed by atoms with Crippen LogP contribution in [0, 0.1) is 0 Å². The maximum Gasteiger partial charge on any atom is 0.314 e. The molecular weight excluding hydrogens is 212 g/mol. The lowest BCUT2D eigenvalue weighted by Gasteiger charge is -1.80. The highest BCUT2D eigenvalue weighted by molar-refractivity contribution is 5.89. The lowest BCUT2D eigenvalue weighted by atomic mass is 10.5. The van der Waals surface area contributed by atoms with Crippen molar-refractivity contribution in [3.8, 4) is 0 Å². The largest absolute Gasteiger partial charge is 0.481 e. The van der Waals surface area contributed by atoms with E-state index in [2.05, 4.69) is 0 Å². The topological polar surface area (TPSA) is 149 Å². The molecule has 0 fully saturated rings. The van der Waals surface area contributed by atoms with Crippen molar-refractivity contribution in [3.63, 3.8) is 0 Å². The van der Waals surface area contributed by atoms with E-state index < -0.39 is 36.7 Å². The number of rotatable bonds is 4. The van der Waals surface area contributed by atoms with Gasteiger partial charge in [0.1, 0.15) is 12.8 Å². The summed E-state index contributed by atoms with van der Waals surface area (Å²) in [5.74, 6) is -5.25. The summed E-state index contributed by atoms with van der Waals surface area (Å²) < 4.78 is 0. The molecular formula is C7H12O8. The van der Waals surface area contributed by atoms with Crippen LogP contribution in [-0.2, 0) is 19.2 Å². The van der Waals surface area contributed by atoms with E-state index in [9.17, 15) is 19.2 Å². The van der Waals surface area contributed by atoms with Gasteiger partial charge in [-0.2, -0.15) is 0 Å². The van der Waals surface area contributed by atoms with Gasteiger partial charge in [0, 0.05) is 0 Å². The fraction of sp³-hybridized carbons (Fsp3) is 0.429. The number of aliphatic carboxylic acids is 4. The Labute approximate surface area is 84.8 Å². The Balaban J connectivity index is -0.000000180. The van der Waals surface area contributed by atoms with Crippen molar-refractivity contribution in [1.82, 2.24) is 0 Å². The predicted molar refractivity (Wildman–Crippen MR) is 46.5 cm³/mol. The van der Waals surface area contributed by atoms with Gasteiger partial charge < -0.3 is 20.4 Å². The highest BCUT2D eigenvalue weighted by atomic mass is 16.4. The van der Waals surface area contributed by atoms with Crippen LogP contribution in [0.15, 0.2) is 0 Å². The lowest BCUT2D eigenvalue weighted by molar-refractivity contribution is -0.149. The van der Waals surface area contributed by atoms with Crippen LogP contribution in [0.4, 0.5) is 0 Å². The van der Waals surface area contributed by atoms with E-state index in [4.69, 9.17) is 20.4 Å². The number of carboxylic acids is 4. The minimum Gasteiger partial charge on any atom is -0.481 e. The van der Waals surface area contributed by atoms with Crippen LogP contribution in [0.1, 0.15) is 20.3 Å². The molecule has 0 saturated heterocycles. The highest BCUT2D eigenvalue weighted by Gasteiger charge is 2.02. The summed E-state index contributed by atoms with van der Waals surface area (Å²) in [6.45, 7) is 0. The molecule has 4 N–H and O–H groups in total. The van der Waals surface area contributed by atoms with Gasteiger partial charge in [0.05, 0.1) is 0 Å². The molecule has 0 aromatic heterocycles. The minimum absolute atomic E-state index is 0. The fourth-order valence-corrected chi connectivity index (χ4v) is 0.259. The highest BCUT2D eigenvalue weighted by Crippen LogP contribution is 1.74. The molecule has 0 rings (SSSR count). The molecule has 8 nitrogen and oxygen atoms in total. The van der Waals surface area contributed by atoms with Gasteiger partial charge in [0.25, 0.3) is 0 Å². The third kappa shape index (κ3) is 33.5. The van der Waals surface area contributed by atoms with Gasteiger partial charge in [-0.1, -0.05) is 7.43 Å². The van der Waals surface area contributed by atoms with Gasteiger partial charge in [-0.05, 0) is 0 Å². The van der Waals surface area contributed by atoms with E-state index in [1.54, 1.807) is 0 Å². The Hall–Kier alpha value is -2.12. The van der Waals surface area contributed by atoms with Gasteiger partial charge in [0.2, 0.25) is 0 Å². The molecule has 0 saturated carbocycles. The van der Waals surface area contributed by atoms with Gasteiger partial charge in [0.15, 0.2) is 0 Å². The zero-order valence-corrected chi connectivity index (χ0v) is 6.84. The Bertz CT molecular complexity index is 193. The summed E-state index contributed by atoms with van der Waals surface area (Å²) in [5, 5.41) is 30.8. The summed E-state index contributed by atoms with van der Waals surface area (Å²) in [5.41, 5.74) is 0. The Kier molecular flexibility index (Phi) is 12.4. The number of hydrogen-bond acceptors (Lipinski definition) is 4. The first-order valence-corrected chi connectivity index (χ1v) is 3.13. The Morgan fingerprint density at radius 3 is 0.733 bits per heavy atom. The molecule has 0 radical (unpaired) electrons. The molecule has 88 valence electrons. The molecule has 0 spiro atoms. The summed E-state index contributed by atoms with van der Waals surface area (Å²) in [6.07, 6.45) is -1.61. The van der Waals surface area contributed by atoms with Crippen molar-refractivity contribution in [1.29, 1.82) is 0 Å². The standard InChI is InChI=1S/2C3H4O4.CH4/c2*4-2(5)1-3(6)7;/h2*1H2,(H,4,5)(H,6,7);1H4. The average molecular weight is 224 g/mol. The first-order valence-electron chi connectivity index (χ1n) is 3.13. The number of carbonyl (C=O) groups is 4. The SMILES string of the molecule is C.O=C(O)CC(=O)O.O=C(O)CC(=O)O. The monoisotopic (exact) mass is 224 g/mol.